The molecule has 2 fully saturated rings. The van der Waals surface area contributed by atoms with Gasteiger partial charge in [-0.15, -0.1) is 0 Å². The number of carbonyl (C=O) groups excluding carboxylic acids is 1. The summed E-state index contributed by atoms with van der Waals surface area (Å²) in [5.41, 5.74) is 1.04. The van der Waals surface area contributed by atoms with Crippen molar-refractivity contribution >= 4 is 11.8 Å². The average molecular weight is 368 g/mol. The van der Waals surface area contributed by atoms with Crippen LogP contribution in [0.5, 0.6) is 0 Å². The smallest absolute Gasteiger partial charge is 0.303 e. The molecule has 2 heterocycles. The first-order valence-corrected chi connectivity index (χ1v) is 9.90. The summed E-state index contributed by atoms with van der Waals surface area (Å²) in [7, 11) is 0. The lowest BCUT2D eigenvalue weighted by atomic mass is 9.77. The van der Waals surface area contributed by atoms with E-state index >= 15 is 0 Å². The number of carboxylic acids is 1. The normalized spacial score (nSPS) is 27.0. The third-order valence-corrected chi connectivity index (χ3v) is 5.55. The molecule has 0 radical (unpaired) electrons. The molecule has 4 heteroatoms. The zero-order chi connectivity index (χ0) is 19.1. The lowest BCUT2D eigenvalue weighted by molar-refractivity contribution is -0.137. The van der Waals surface area contributed by atoms with Crippen LogP contribution in [0.25, 0.3) is 0 Å². The Morgan fingerprint density at radius 1 is 1.11 bits per heavy atom. The van der Waals surface area contributed by atoms with E-state index in [1.807, 2.05) is 30.3 Å². The maximum absolute atomic E-state index is 12.3. The molecule has 0 aromatic heterocycles. The molecule has 1 aromatic rings. The average Bonchev–Trinajstić information content (AvgIpc) is 3.25. The Hall–Kier alpha value is -2.20. The SMILES string of the molecule is O=C(O)CCC/C=C\C[C@H]1[C@H](/C=C/C(=O)Cc2ccccc2)[C@@H]2CC[C@H]1O2. The van der Waals surface area contributed by atoms with Crippen molar-refractivity contribution in [3.8, 4) is 0 Å². The summed E-state index contributed by atoms with van der Waals surface area (Å²) in [4.78, 5) is 22.8. The number of rotatable bonds is 10. The molecule has 27 heavy (non-hydrogen) atoms. The summed E-state index contributed by atoms with van der Waals surface area (Å²) in [5.74, 6) is 0.106. The highest BCUT2D eigenvalue weighted by Gasteiger charge is 2.46. The van der Waals surface area contributed by atoms with Gasteiger partial charge in [0, 0.05) is 18.8 Å². The van der Waals surface area contributed by atoms with Crippen molar-refractivity contribution in [3.63, 3.8) is 0 Å². The molecule has 4 atom stereocenters. The fourth-order valence-electron chi connectivity index (χ4n) is 4.20. The van der Waals surface area contributed by atoms with Gasteiger partial charge in [-0.1, -0.05) is 48.6 Å². The number of carbonyl (C=O) groups is 2. The van der Waals surface area contributed by atoms with Crippen molar-refractivity contribution < 1.29 is 19.4 Å². The number of allylic oxidation sites excluding steroid dienone is 3. The predicted octanol–water partition coefficient (Wildman–Crippen LogP) is 4.35. The molecule has 2 aliphatic rings. The number of hydrogen-bond acceptors (Lipinski definition) is 3. The summed E-state index contributed by atoms with van der Waals surface area (Å²) in [6.07, 6.45) is 13.8. The molecule has 0 amide bonds. The molecule has 3 rings (SSSR count). The van der Waals surface area contributed by atoms with E-state index in [-0.39, 0.29) is 24.4 Å². The number of carboxylic acid groups (broad SMARTS) is 1. The maximum atomic E-state index is 12.3. The maximum Gasteiger partial charge on any atom is 0.303 e. The fraction of sp³-hybridized carbons (Fsp3) is 0.478. The van der Waals surface area contributed by atoms with E-state index in [1.54, 1.807) is 6.08 Å². The van der Waals surface area contributed by atoms with E-state index < -0.39 is 5.97 Å². The highest BCUT2D eigenvalue weighted by atomic mass is 16.5. The van der Waals surface area contributed by atoms with Crippen LogP contribution in [0.2, 0.25) is 0 Å². The number of fused-ring (bicyclic) bond motifs is 2. The number of benzene rings is 1. The van der Waals surface area contributed by atoms with E-state index in [2.05, 4.69) is 18.2 Å². The highest BCUT2D eigenvalue weighted by Crippen LogP contribution is 2.45. The standard InChI is InChI=1S/C23H28O4/c24-18(16-17-8-4-3-5-9-17)12-13-20-19(21-14-15-22(20)27-21)10-6-1-2-7-11-23(25)26/h1,3-6,8-9,12-13,19-22H,2,7,10-11,14-16H2,(H,25,26)/b6-1-,13-12+/t19-,20-,21+,22-/m0/s1. The van der Waals surface area contributed by atoms with E-state index in [4.69, 9.17) is 9.84 Å². The lowest BCUT2D eigenvalue weighted by Crippen LogP contribution is -2.25. The summed E-state index contributed by atoms with van der Waals surface area (Å²) in [6.45, 7) is 0. The molecule has 0 unspecified atom stereocenters. The minimum absolute atomic E-state index is 0.131. The largest absolute Gasteiger partial charge is 0.481 e. The minimum atomic E-state index is -0.740. The molecule has 0 aliphatic carbocycles. The van der Waals surface area contributed by atoms with Gasteiger partial charge >= 0.3 is 5.97 Å². The molecule has 1 aromatic carbocycles. The van der Waals surface area contributed by atoms with Crippen molar-refractivity contribution in [3.05, 3.63) is 60.2 Å². The van der Waals surface area contributed by atoms with Crippen LogP contribution >= 0.6 is 0 Å². The van der Waals surface area contributed by atoms with Crippen molar-refractivity contribution in [2.45, 2.75) is 57.2 Å². The third kappa shape index (κ3) is 5.64. The van der Waals surface area contributed by atoms with Crippen LogP contribution in [0.1, 0.15) is 44.1 Å². The lowest BCUT2D eigenvalue weighted by Gasteiger charge is -2.24. The second kappa shape index (κ2) is 9.65. The molecular weight excluding hydrogens is 340 g/mol. The molecule has 2 saturated heterocycles. The van der Waals surface area contributed by atoms with Crippen LogP contribution in [0.15, 0.2) is 54.6 Å². The molecule has 144 valence electrons. The first kappa shape index (κ1) is 19.6. The zero-order valence-corrected chi connectivity index (χ0v) is 15.6. The van der Waals surface area contributed by atoms with Crippen molar-refractivity contribution in [2.24, 2.45) is 11.8 Å². The Labute approximate surface area is 160 Å². The van der Waals surface area contributed by atoms with Gasteiger partial charge in [-0.2, -0.15) is 0 Å². The van der Waals surface area contributed by atoms with E-state index in [1.165, 1.54) is 0 Å². The van der Waals surface area contributed by atoms with Crippen LogP contribution in [0, 0.1) is 11.8 Å². The number of unbranched alkanes of at least 4 members (excludes halogenated alkanes) is 1. The van der Waals surface area contributed by atoms with Gasteiger partial charge in [-0.05, 0) is 49.7 Å². The van der Waals surface area contributed by atoms with Gasteiger partial charge in [-0.3, -0.25) is 9.59 Å². The second-order valence-electron chi connectivity index (χ2n) is 7.51. The molecule has 2 aliphatic heterocycles. The first-order valence-electron chi connectivity index (χ1n) is 9.90. The van der Waals surface area contributed by atoms with Crippen molar-refractivity contribution in [2.75, 3.05) is 0 Å². The molecule has 4 nitrogen and oxygen atoms in total. The van der Waals surface area contributed by atoms with Crippen LogP contribution in [-0.2, 0) is 20.7 Å². The Morgan fingerprint density at radius 3 is 2.67 bits per heavy atom. The van der Waals surface area contributed by atoms with Gasteiger partial charge in [0.1, 0.15) is 0 Å². The molecule has 0 spiro atoms. The molecule has 1 N–H and O–H groups in total. The summed E-state index contributed by atoms with van der Waals surface area (Å²) in [5, 5.41) is 8.67. The van der Waals surface area contributed by atoms with Crippen molar-refractivity contribution in [1.29, 1.82) is 0 Å². The second-order valence-corrected chi connectivity index (χ2v) is 7.51. The number of ketones is 1. The van der Waals surface area contributed by atoms with Crippen molar-refractivity contribution in [1.82, 2.24) is 0 Å². The summed E-state index contributed by atoms with van der Waals surface area (Å²) >= 11 is 0. The third-order valence-electron chi connectivity index (χ3n) is 5.55. The van der Waals surface area contributed by atoms with Gasteiger partial charge in [-0.25, -0.2) is 0 Å². The van der Waals surface area contributed by atoms with E-state index in [0.717, 1.165) is 31.2 Å². The van der Waals surface area contributed by atoms with Gasteiger partial charge in [0.15, 0.2) is 5.78 Å². The zero-order valence-electron chi connectivity index (χ0n) is 15.6. The highest BCUT2D eigenvalue weighted by molar-refractivity contribution is 5.91. The van der Waals surface area contributed by atoms with Crippen LogP contribution < -0.4 is 0 Å². The quantitative estimate of drug-likeness (QED) is 0.379. The Morgan fingerprint density at radius 2 is 1.89 bits per heavy atom. The monoisotopic (exact) mass is 368 g/mol. The van der Waals surface area contributed by atoms with Crippen LogP contribution in [0.4, 0.5) is 0 Å². The predicted molar refractivity (Wildman–Crippen MR) is 104 cm³/mol. The summed E-state index contributed by atoms with van der Waals surface area (Å²) in [6, 6.07) is 9.81. The van der Waals surface area contributed by atoms with Crippen LogP contribution in [-0.4, -0.2) is 29.1 Å². The summed E-state index contributed by atoms with van der Waals surface area (Å²) < 4.78 is 6.08. The molecule has 2 bridgehead atoms. The fourth-order valence-corrected chi connectivity index (χ4v) is 4.20. The van der Waals surface area contributed by atoms with E-state index in [0.29, 0.717) is 24.7 Å². The molecule has 0 saturated carbocycles. The van der Waals surface area contributed by atoms with Gasteiger partial charge in [0.25, 0.3) is 0 Å². The number of ether oxygens (including phenoxy) is 1. The number of aliphatic carboxylic acids is 1. The van der Waals surface area contributed by atoms with Crippen LogP contribution in [0.3, 0.4) is 0 Å². The topological polar surface area (TPSA) is 63.6 Å². The van der Waals surface area contributed by atoms with Gasteiger partial charge in [0.05, 0.1) is 12.2 Å². The number of hydrogen-bond donors (Lipinski definition) is 1. The first-order chi connectivity index (χ1) is 13.1. The molecular formula is C23H28O4. The Kier molecular flexibility index (Phi) is 6.99. The van der Waals surface area contributed by atoms with E-state index in [9.17, 15) is 9.59 Å². The van der Waals surface area contributed by atoms with Gasteiger partial charge < -0.3 is 9.84 Å². The van der Waals surface area contributed by atoms with Gasteiger partial charge in [0.2, 0.25) is 0 Å². The Balaban J connectivity index is 1.51. The minimum Gasteiger partial charge on any atom is -0.481 e. The Bertz CT molecular complexity index is 692.